The minimum atomic E-state index is -0.545. The summed E-state index contributed by atoms with van der Waals surface area (Å²) in [6.07, 6.45) is 0.542. The van der Waals surface area contributed by atoms with Gasteiger partial charge >= 0.3 is 0 Å². The molecule has 1 aromatic heterocycles. The fraction of sp³-hybridized carbons (Fsp3) is 0.182. The van der Waals surface area contributed by atoms with Crippen LogP contribution in [0.2, 0.25) is 0 Å². The second-order valence-electron chi connectivity index (χ2n) is 3.35. The molecular weight excluding hydrogens is 214 g/mol. The third-order valence-corrected chi connectivity index (χ3v) is 2.15. The van der Waals surface area contributed by atoms with E-state index in [2.05, 4.69) is 5.16 Å². The van der Waals surface area contributed by atoms with Crippen molar-refractivity contribution in [1.29, 1.82) is 0 Å². The van der Waals surface area contributed by atoms with Crippen LogP contribution in [0.25, 0.3) is 11.3 Å². The van der Waals surface area contributed by atoms with Crippen LogP contribution >= 0.6 is 0 Å². The Balaban J connectivity index is 2.38. The third-order valence-electron chi connectivity index (χ3n) is 2.15. The summed E-state index contributed by atoms with van der Waals surface area (Å²) >= 11 is 0. The van der Waals surface area contributed by atoms with Crippen molar-refractivity contribution >= 4 is 0 Å². The standard InChI is InChI=1S/C11H10F2N2O/c12-7-1-2-10(13)9(5-7)11-6-8(3-4-14)15-16-11/h1-2,5-6H,3-4,14H2. The number of nitrogens with two attached hydrogens (primary N) is 1. The Morgan fingerprint density at radius 2 is 2.06 bits per heavy atom. The normalized spacial score (nSPS) is 10.7. The van der Waals surface area contributed by atoms with Crippen LogP contribution in [0.1, 0.15) is 5.69 Å². The zero-order chi connectivity index (χ0) is 11.5. The van der Waals surface area contributed by atoms with Gasteiger partial charge in [-0.2, -0.15) is 0 Å². The maximum Gasteiger partial charge on any atom is 0.170 e. The molecule has 0 unspecified atom stereocenters. The first-order valence-electron chi connectivity index (χ1n) is 4.82. The average Bonchev–Trinajstić information content (AvgIpc) is 2.71. The number of rotatable bonds is 3. The second kappa shape index (κ2) is 4.40. The van der Waals surface area contributed by atoms with E-state index in [9.17, 15) is 8.78 Å². The predicted octanol–water partition coefficient (Wildman–Crippen LogP) is 2.12. The molecule has 16 heavy (non-hydrogen) atoms. The van der Waals surface area contributed by atoms with E-state index in [-0.39, 0.29) is 11.3 Å². The lowest BCUT2D eigenvalue weighted by Gasteiger charge is -1.97. The summed E-state index contributed by atoms with van der Waals surface area (Å²) in [5, 5.41) is 3.71. The molecule has 0 saturated heterocycles. The van der Waals surface area contributed by atoms with Gasteiger partial charge in [0.25, 0.3) is 0 Å². The molecule has 3 nitrogen and oxygen atoms in total. The zero-order valence-corrected chi connectivity index (χ0v) is 8.41. The summed E-state index contributed by atoms with van der Waals surface area (Å²) in [6, 6.07) is 4.73. The van der Waals surface area contributed by atoms with Crippen molar-refractivity contribution in [1.82, 2.24) is 5.16 Å². The summed E-state index contributed by atoms with van der Waals surface area (Å²) in [7, 11) is 0. The van der Waals surface area contributed by atoms with E-state index in [4.69, 9.17) is 10.3 Å². The van der Waals surface area contributed by atoms with Crippen molar-refractivity contribution in [2.24, 2.45) is 5.73 Å². The van der Waals surface area contributed by atoms with Crippen LogP contribution in [0.3, 0.4) is 0 Å². The first kappa shape index (κ1) is 10.8. The lowest BCUT2D eigenvalue weighted by molar-refractivity contribution is 0.421. The Morgan fingerprint density at radius 3 is 2.81 bits per heavy atom. The van der Waals surface area contributed by atoms with Gasteiger partial charge in [0.1, 0.15) is 11.6 Å². The quantitative estimate of drug-likeness (QED) is 0.868. The summed E-state index contributed by atoms with van der Waals surface area (Å²) in [4.78, 5) is 0. The molecule has 0 amide bonds. The van der Waals surface area contributed by atoms with Gasteiger partial charge in [-0.3, -0.25) is 0 Å². The number of aromatic nitrogens is 1. The van der Waals surface area contributed by atoms with Gasteiger partial charge in [0.05, 0.1) is 11.3 Å². The fourth-order valence-corrected chi connectivity index (χ4v) is 1.39. The van der Waals surface area contributed by atoms with Crippen LogP contribution in [-0.2, 0) is 6.42 Å². The van der Waals surface area contributed by atoms with Gasteiger partial charge in [-0.15, -0.1) is 0 Å². The summed E-state index contributed by atoms with van der Waals surface area (Å²) in [5.74, 6) is -0.856. The molecule has 2 rings (SSSR count). The number of hydrogen-bond acceptors (Lipinski definition) is 3. The smallest absolute Gasteiger partial charge is 0.170 e. The highest BCUT2D eigenvalue weighted by Gasteiger charge is 2.12. The summed E-state index contributed by atoms with van der Waals surface area (Å²) in [5.41, 5.74) is 6.04. The Hall–Kier alpha value is -1.75. The molecule has 0 aliphatic rings. The topological polar surface area (TPSA) is 52.0 Å². The van der Waals surface area contributed by atoms with Crippen LogP contribution in [0, 0.1) is 11.6 Å². The molecule has 2 aromatic rings. The molecule has 0 aliphatic carbocycles. The van der Waals surface area contributed by atoms with Gasteiger partial charge in [-0.05, 0) is 24.7 Å². The van der Waals surface area contributed by atoms with Gasteiger partial charge in [-0.1, -0.05) is 5.16 Å². The van der Waals surface area contributed by atoms with E-state index in [1.54, 1.807) is 6.07 Å². The molecule has 1 heterocycles. The number of benzene rings is 1. The van der Waals surface area contributed by atoms with Crippen molar-refractivity contribution in [2.75, 3.05) is 6.54 Å². The molecule has 0 saturated carbocycles. The van der Waals surface area contributed by atoms with Crippen LogP contribution < -0.4 is 5.73 Å². The number of nitrogens with zero attached hydrogens (tertiary/aromatic N) is 1. The zero-order valence-electron chi connectivity index (χ0n) is 8.41. The SMILES string of the molecule is NCCc1cc(-c2cc(F)ccc2F)on1. The van der Waals surface area contributed by atoms with Crippen molar-refractivity contribution in [3.05, 3.63) is 41.6 Å². The highest BCUT2D eigenvalue weighted by molar-refractivity contribution is 5.58. The van der Waals surface area contributed by atoms with Crippen LogP contribution in [0.4, 0.5) is 8.78 Å². The molecule has 0 fully saturated rings. The Bertz CT molecular complexity index is 496. The highest BCUT2D eigenvalue weighted by Crippen LogP contribution is 2.24. The number of halogens is 2. The molecule has 84 valence electrons. The average molecular weight is 224 g/mol. The largest absolute Gasteiger partial charge is 0.356 e. The second-order valence-corrected chi connectivity index (χ2v) is 3.35. The monoisotopic (exact) mass is 224 g/mol. The molecule has 0 bridgehead atoms. The Labute approximate surface area is 90.9 Å². The van der Waals surface area contributed by atoms with E-state index in [0.717, 1.165) is 18.2 Å². The van der Waals surface area contributed by atoms with Gasteiger partial charge in [0.15, 0.2) is 5.76 Å². The molecule has 0 radical (unpaired) electrons. The first-order chi connectivity index (χ1) is 7.70. The summed E-state index contributed by atoms with van der Waals surface area (Å²) < 4.78 is 31.2. The third kappa shape index (κ3) is 2.09. The molecule has 5 heteroatoms. The molecule has 1 aromatic carbocycles. The minimum Gasteiger partial charge on any atom is -0.356 e. The minimum absolute atomic E-state index is 0.0655. The van der Waals surface area contributed by atoms with Crippen molar-refractivity contribution in [3.63, 3.8) is 0 Å². The maximum absolute atomic E-state index is 13.4. The van der Waals surface area contributed by atoms with E-state index in [1.165, 1.54) is 0 Å². The van der Waals surface area contributed by atoms with E-state index < -0.39 is 11.6 Å². The lowest BCUT2D eigenvalue weighted by atomic mass is 10.1. The van der Waals surface area contributed by atoms with Crippen molar-refractivity contribution < 1.29 is 13.3 Å². The molecular formula is C11H10F2N2O. The van der Waals surface area contributed by atoms with Gasteiger partial charge in [0.2, 0.25) is 0 Å². The van der Waals surface area contributed by atoms with Crippen LogP contribution in [-0.4, -0.2) is 11.7 Å². The van der Waals surface area contributed by atoms with E-state index >= 15 is 0 Å². The number of hydrogen-bond donors (Lipinski definition) is 1. The molecule has 0 aliphatic heterocycles. The fourth-order valence-electron chi connectivity index (χ4n) is 1.39. The molecule has 0 spiro atoms. The van der Waals surface area contributed by atoms with Crippen LogP contribution in [0.15, 0.2) is 28.8 Å². The van der Waals surface area contributed by atoms with Crippen molar-refractivity contribution in [3.8, 4) is 11.3 Å². The Kier molecular flexibility index (Phi) is 2.96. The predicted molar refractivity (Wildman–Crippen MR) is 54.6 cm³/mol. The molecule has 0 atom stereocenters. The van der Waals surface area contributed by atoms with Crippen molar-refractivity contribution in [2.45, 2.75) is 6.42 Å². The highest BCUT2D eigenvalue weighted by atomic mass is 19.1. The van der Waals surface area contributed by atoms with Gasteiger partial charge in [0, 0.05) is 12.5 Å². The Morgan fingerprint density at radius 1 is 1.25 bits per heavy atom. The van der Waals surface area contributed by atoms with Gasteiger partial charge < -0.3 is 10.3 Å². The summed E-state index contributed by atoms with van der Waals surface area (Å²) in [6.45, 7) is 0.428. The van der Waals surface area contributed by atoms with E-state index in [0.29, 0.717) is 18.7 Å². The van der Waals surface area contributed by atoms with E-state index in [1.807, 2.05) is 0 Å². The van der Waals surface area contributed by atoms with Crippen LogP contribution in [0.5, 0.6) is 0 Å². The van der Waals surface area contributed by atoms with Gasteiger partial charge in [-0.25, -0.2) is 8.78 Å². The lowest BCUT2D eigenvalue weighted by Crippen LogP contribution is -2.02. The maximum atomic E-state index is 13.4. The first-order valence-corrected chi connectivity index (χ1v) is 4.82. The molecule has 2 N–H and O–H groups in total.